The summed E-state index contributed by atoms with van der Waals surface area (Å²) < 4.78 is 8.37. The zero-order valence-corrected chi connectivity index (χ0v) is 15.0. The van der Waals surface area contributed by atoms with Crippen molar-refractivity contribution in [1.82, 2.24) is 24.4 Å². The van der Waals surface area contributed by atoms with E-state index in [4.69, 9.17) is 4.74 Å². The van der Waals surface area contributed by atoms with Gasteiger partial charge in [-0.05, 0) is 18.6 Å². The van der Waals surface area contributed by atoms with E-state index in [0.717, 1.165) is 19.5 Å². The predicted molar refractivity (Wildman–Crippen MR) is 97.2 cm³/mol. The summed E-state index contributed by atoms with van der Waals surface area (Å²) in [4.78, 5) is 30.2. The zero-order chi connectivity index (χ0) is 19.0. The van der Waals surface area contributed by atoms with Crippen LogP contribution in [0.1, 0.15) is 27.3 Å². The molecule has 10 heteroatoms. The molecule has 27 heavy (non-hydrogen) atoms. The highest BCUT2D eigenvalue weighted by molar-refractivity contribution is 6.07. The number of nitrogens with zero attached hydrogens (tertiary/aromatic N) is 6. The molecule has 0 saturated carbocycles. The van der Waals surface area contributed by atoms with E-state index in [-0.39, 0.29) is 17.4 Å². The molecule has 1 aliphatic heterocycles. The third-order valence-corrected chi connectivity index (χ3v) is 4.65. The number of anilines is 2. The zero-order valence-electron chi connectivity index (χ0n) is 15.0. The number of aldehydes is 1. The van der Waals surface area contributed by atoms with Crippen LogP contribution in [-0.4, -0.2) is 62.9 Å². The fraction of sp³-hybridized carbons (Fsp3) is 0.353. The summed E-state index contributed by atoms with van der Waals surface area (Å²) in [7, 11) is 3.32. The van der Waals surface area contributed by atoms with Gasteiger partial charge in [-0.15, -0.1) is 5.10 Å². The highest BCUT2D eigenvalue weighted by Crippen LogP contribution is 2.20. The first kappa shape index (κ1) is 17.2. The van der Waals surface area contributed by atoms with E-state index in [1.54, 1.807) is 37.0 Å². The molecule has 1 fully saturated rings. The first-order valence-corrected chi connectivity index (χ1v) is 8.51. The van der Waals surface area contributed by atoms with Gasteiger partial charge in [-0.3, -0.25) is 14.3 Å². The Kier molecular flexibility index (Phi) is 4.32. The lowest BCUT2D eigenvalue weighted by Gasteiger charge is -2.12. The van der Waals surface area contributed by atoms with Crippen molar-refractivity contribution in [3.63, 3.8) is 0 Å². The third-order valence-electron chi connectivity index (χ3n) is 4.65. The largest absolute Gasteiger partial charge is 0.380 e. The highest BCUT2D eigenvalue weighted by atomic mass is 16.5. The summed E-state index contributed by atoms with van der Waals surface area (Å²) in [6.07, 6.45) is 4.79. The van der Waals surface area contributed by atoms with E-state index in [9.17, 15) is 9.59 Å². The van der Waals surface area contributed by atoms with Gasteiger partial charge in [0.05, 0.1) is 29.7 Å². The molecule has 0 aromatic carbocycles. The van der Waals surface area contributed by atoms with Crippen LogP contribution < -0.4 is 10.2 Å². The lowest BCUT2D eigenvalue weighted by Crippen LogP contribution is -2.23. The number of fused-ring (bicyclic) bond motifs is 1. The van der Waals surface area contributed by atoms with Gasteiger partial charge in [0.1, 0.15) is 5.69 Å². The van der Waals surface area contributed by atoms with Gasteiger partial charge in [0.25, 0.3) is 5.91 Å². The number of nitrogens with one attached hydrogen (secondary N) is 1. The number of methoxy groups -OCH3 is 1. The first-order valence-electron chi connectivity index (χ1n) is 8.51. The van der Waals surface area contributed by atoms with Crippen molar-refractivity contribution in [2.24, 2.45) is 7.05 Å². The van der Waals surface area contributed by atoms with Crippen molar-refractivity contribution in [2.75, 3.05) is 30.4 Å². The summed E-state index contributed by atoms with van der Waals surface area (Å²) in [5, 5.41) is 11.2. The Labute approximate surface area is 154 Å². The first-order chi connectivity index (χ1) is 13.1. The number of aryl methyl sites for hydroxylation is 1. The van der Waals surface area contributed by atoms with Crippen molar-refractivity contribution < 1.29 is 14.3 Å². The average Bonchev–Trinajstić information content (AvgIpc) is 3.38. The van der Waals surface area contributed by atoms with Crippen LogP contribution in [0, 0.1) is 0 Å². The molecule has 1 aliphatic rings. The van der Waals surface area contributed by atoms with Gasteiger partial charge in [-0.2, -0.15) is 10.1 Å². The minimum absolute atomic E-state index is 0.192. The lowest BCUT2D eigenvalue weighted by atomic mass is 10.2. The van der Waals surface area contributed by atoms with Gasteiger partial charge >= 0.3 is 0 Å². The maximum atomic E-state index is 12.5. The molecule has 0 aliphatic carbocycles. The average molecular weight is 369 g/mol. The molecule has 3 aromatic heterocycles. The van der Waals surface area contributed by atoms with Crippen LogP contribution in [-0.2, 0) is 11.8 Å². The Morgan fingerprint density at radius 3 is 3.00 bits per heavy atom. The molecule has 3 aromatic rings. The van der Waals surface area contributed by atoms with E-state index in [0.29, 0.717) is 23.6 Å². The van der Waals surface area contributed by atoms with Crippen molar-refractivity contribution in [2.45, 2.75) is 12.5 Å². The van der Waals surface area contributed by atoms with Crippen LogP contribution in [0.4, 0.5) is 11.6 Å². The third kappa shape index (κ3) is 3.14. The molecule has 1 saturated heterocycles. The van der Waals surface area contributed by atoms with Gasteiger partial charge in [0.2, 0.25) is 5.95 Å². The number of pyridine rings is 1. The maximum Gasteiger partial charge on any atom is 0.274 e. The molecule has 4 rings (SSSR count). The Hall–Kier alpha value is -3.27. The summed E-state index contributed by atoms with van der Waals surface area (Å²) in [6.45, 7) is 1.60. The molecular formula is C17H19N7O3. The number of hydrogen-bond acceptors (Lipinski definition) is 7. The Morgan fingerprint density at radius 1 is 1.41 bits per heavy atom. The second-order valence-corrected chi connectivity index (χ2v) is 6.37. The Balaban J connectivity index is 1.56. The predicted octanol–water partition coefficient (Wildman–Crippen LogP) is 0.753. The van der Waals surface area contributed by atoms with Crippen LogP contribution in [0.2, 0.25) is 0 Å². The molecule has 140 valence electrons. The second-order valence-electron chi connectivity index (χ2n) is 6.37. The van der Waals surface area contributed by atoms with Gasteiger partial charge < -0.3 is 15.0 Å². The fourth-order valence-corrected chi connectivity index (χ4v) is 3.19. The standard InChI is InChI=1S/C17H19N7O3/c1-22-15(11(10-25)7-18-22)16(26)19-12-3-4-14-20-17(21-24(14)8-12)23-6-5-13(9-23)27-2/h3-4,7-8,10,13H,5-6,9H2,1-2H3,(H,19,26). The van der Waals surface area contributed by atoms with Crippen LogP contribution in [0.5, 0.6) is 0 Å². The molecule has 4 heterocycles. The van der Waals surface area contributed by atoms with Crippen molar-refractivity contribution >= 4 is 29.5 Å². The highest BCUT2D eigenvalue weighted by Gasteiger charge is 2.25. The number of hydrogen-bond donors (Lipinski definition) is 1. The summed E-state index contributed by atoms with van der Waals surface area (Å²) in [5.41, 5.74) is 1.66. The number of carbonyl (C=O) groups excluding carboxylic acids is 2. The summed E-state index contributed by atoms with van der Waals surface area (Å²) in [6, 6.07) is 3.52. The molecule has 0 spiro atoms. The molecule has 1 N–H and O–H groups in total. The van der Waals surface area contributed by atoms with Gasteiger partial charge in [-0.25, -0.2) is 4.52 Å². The number of carbonyl (C=O) groups is 2. The van der Waals surface area contributed by atoms with Crippen LogP contribution in [0.15, 0.2) is 24.5 Å². The molecule has 10 nitrogen and oxygen atoms in total. The van der Waals surface area contributed by atoms with E-state index in [1.165, 1.54) is 10.9 Å². The minimum Gasteiger partial charge on any atom is -0.380 e. The molecule has 1 atom stereocenters. The fourth-order valence-electron chi connectivity index (χ4n) is 3.19. The molecule has 0 bridgehead atoms. The lowest BCUT2D eigenvalue weighted by molar-refractivity contribution is 0.101. The van der Waals surface area contributed by atoms with Gasteiger partial charge in [-0.1, -0.05) is 0 Å². The minimum atomic E-state index is -0.417. The quantitative estimate of drug-likeness (QED) is 0.662. The monoisotopic (exact) mass is 369 g/mol. The van der Waals surface area contributed by atoms with Crippen LogP contribution in [0.25, 0.3) is 5.65 Å². The van der Waals surface area contributed by atoms with Crippen LogP contribution >= 0.6 is 0 Å². The van der Waals surface area contributed by atoms with E-state index in [2.05, 4.69) is 25.4 Å². The Morgan fingerprint density at radius 2 is 2.26 bits per heavy atom. The Bertz CT molecular complexity index is 1010. The second kappa shape index (κ2) is 6.80. The van der Waals surface area contributed by atoms with Crippen LogP contribution in [0.3, 0.4) is 0 Å². The van der Waals surface area contributed by atoms with E-state index >= 15 is 0 Å². The smallest absolute Gasteiger partial charge is 0.274 e. The normalized spacial score (nSPS) is 16.8. The van der Waals surface area contributed by atoms with Gasteiger partial charge in [0.15, 0.2) is 11.9 Å². The molecule has 0 radical (unpaired) electrons. The number of ether oxygens (including phenoxy) is 1. The molecule has 1 unspecified atom stereocenters. The number of aromatic nitrogens is 5. The number of amides is 1. The SMILES string of the molecule is COC1CCN(c2nc3ccc(NC(=O)c4c(C=O)cnn4C)cn3n2)C1. The van der Waals surface area contributed by atoms with E-state index in [1.807, 2.05) is 0 Å². The molecule has 1 amide bonds. The van der Waals surface area contributed by atoms with Gasteiger partial charge in [0, 0.05) is 27.2 Å². The molecular weight excluding hydrogens is 350 g/mol. The summed E-state index contributed by atoms with van der Waals surface area (Å²) in [5.74, 6) is 0.215. The van der Waals surface area contributed by atoms with E-state index < -0.39 is 5.91 Å². The number of rotatable bonds is 5. The van der Waals surface area contributed by atoms with Crippen molar-refractivity contribution in [1.29, 1.82) is 0 Å². The topological polar surface area (TPSA) is 107 Å². The van der Waals surface area contributed by atoms with Crippen molar-refractivity contribution in [3.05, 3.63) is 35.8 Å². The summed E-state index contributed by atoms with van der Waals surface area (Å²) >= 11 is 0. The van der Waals surface area contributed by atoms with Crippen molar-refractivity contribution in [3.8, 4) is 0 Å². The maximum absolute atomic E-state index is 12.5.